The molecule has 158 valence electrons. The number of furan rings is 1. The Morgan fingerprint density at radius 1 is 1.17 bits per heavy atom. The zero-order valence-corrected chi connectivity index (χ0v) is 17.9. The van der Waals surface area contributed by atoms with Crippen LogP contribution in [0.15, 0.2) is 34.9 Å². The Labute approximate surface area is 176 Å². The van der Waals surface area contributed by atoms with Crippen LogP contribution in [0.3, 0.4) is 0 Å². The predicted molar refractivity (Wildman–Crippen MR) is 114 cm³/mol. The summed E-state index contributed by atoms with van der Waals surface area (Å²) in [6.07, 6.45) is 3.91. The first-order valence-corrected chi connectivity index (χ1v) is 10.0. The predicted octanol–water partition coefficient (Wildman–Crippen LogP) is 3.36. The summed E-state index contributed by atoms with van der Waals surface area (Å²) in [6, 6.07) is 7.53. The molecule has 2 heterocycles. The van der Waals surface area contributed by atoms with Crippen LogP contribution in [0.1, 0.15) is 24.2 Å². The van der Waals surface area contributed by atoms with Crippen molar-refractivity contribution in [2.45, 2.75) is 32.0 Å². The average molecular weight is 421 g/mol. The maximum Gasteiger partial charge on any atom is 0.169 e. The van der Waals surface area contributed by atoms with Crippen LogP contribution in [-0.2, 0) is 17.8 Å². The Morgan fingerprint density at radius 3 is 2.55 bits per heavy atom. The van der Waals surface area contributed by atoms with Gasteiger partial charge in [-0.3, -0.25) is 0 Å². The number of nitrogens with zero attached hydrogens (tertiary/aromatic N) is 1. The Balaban J connectivity index is 1.78. The SMILES string of the molecule is COc1cc(OC)c(OC)cc1CN(CC1CCCO1)C(=S)NCc1ccco1. The van der Waals surface area contributed by atoms with Gasteiger partial charge in [-0.2, -0.15) is 0 Å². The van der Waals surface area contributed by atoms with Crippen molar-refractivity contribution in [1.29, 1.82) is 0 Å². The lowest BCUT2D eigenvalue weighted by Crippen LogP contribution is -2.42. The summed E-state index contributed by atoms with van der Waals surface area (Å²) in [7, 11) is 4.87. The first-order chi connectivity index (χ1) is 14.1. The van der Waals surface area contributed by atoms with Crippen molar-refractivity contribution in [3.63, 3.8) is 0 Å². The molecular formula is C21H28N2O5S. The molecule has 29 heavy (non-hydrogen) atoms. The molecule has 1 atom stereocenters. The van der Waals surface area contributed by atoms with Gasteiger partial charge in [-0.05, 0) is 43.3 Å². The van der Waals surface area contributed by atoms with Crippen LogP contribution in [0.5, 0.6) is 17.2 Å². The average Bonchev–Trinajstić information content (AvgIpc) is 3.45. The van der Waals surface area contributed by atoms with Gasteiger partial charge in [0, 0.05) is 31.3 Å². The monoisotopic (exact) mass is 420 g/mol. The molecule has 0 radical (unpaired) electrons. The molecule has 0 aliphatic carbocycles. The Morgan fingerprint density at radius 2 is 1.93 bits per heavy atom. The number of hydrogen-bond acceptors (Lipinski definition) is 6. The number of rotatable bonds is 9. The van der Waals surface area contributed by atoms with Gasteiger partial charge in [0.05, 0.1) is 40.2 Å². The van der Waals surface area contributed by atoms with Gasteiger partial charge in [-0.15, -0.1) is 0 Å². The number of hydrogen-bond donors (Lipinski definition) is 1. The summed E-state index contributed by atoms with van der Waals surface area (Å²) in [4.78, 5) is 2.10. The fraction of sp³-hybridized carbons (Fsp3) is 0.476. The van der Waals surface area contributed by atoms with Crippen molar-refractivity contribution in [3.05, 3.63) is 41.9 Å². The zero-order chi connectivity index (χ0) is 20.6. The third kappa shape index (κ3) is 5.55. The second-order valence-electron chi connectivity index (χ2n) is 6.77. The quantitative estimate of drug-likeness (QED) is 0.620. The molecule has 1 aromatic carbocycles. The molecule has 1 saturated heterocycles. The first kappa shape index (κ1) is 21.3. The fourth-order valence-electron chi connectivity index (χ4n) is 3.36. The Bertz CT molecular complexity index is 791. The summed E-state index contributed by atoms with van der Waals surface area (Å²) in [5.41, 5.74) is 0.949. The minimum atomic E-state index is 0.157. The lowest BCUT2D eigenvalue weighted by atomic mass is 10.1. The fourth-order valence-corrected chi connectivity index (χ4v) is 3.57. The van der Waals surface area contributed by atoms with E-state index in [4.69, 9.17) is 35.6 Å². The first-order valence-electron chi connectivity index (χ1n) is 9.60. The van der Waals surface area contributed by atoms with Crippen LogP contribution >= 0.6 is 12.2 Å². The van der Waals surface area contributed by atoms with Crippen LogP contribution in [0.25, 0.3) is 0 Å². The van der Waals surface area contributed by atoms with Crippen LogP contribution in [0.2, 0.25) is 0 Å². The third-order valence-electron chi connectivity index (χ3n) is 4.88. The molecule has 3 rings (SSSR count). The van der Waals surface area contributed by atoms with Crippen molar-refractivity contribution in [2.75, 3.05) is 34.5 Å². The summed E-state index contributed by atoms with van der Waals surface area (Å²) in [5.74, 6) is 2.81. The summed E-state index contributed by atoms with van der Waals surface area (Å²) >= 11 is 5.69. The number of benzene rings is 1. The molecule has 2 aromatic rings. The smallest absolute Gasteiger partial charge is 0.169 e. The van der Waals surface area contributed by atoms with Gasteiger partial charge in [0.2, 0.25) is 0 Å². The van der Waals surface area contributed by atoms with E-state index in [1.54, 1.807) is 27.6 Å². The van der Waals surface area contributed by atoms with Crippen molar-refractivity contribution in [1.82, 2.24) is 10.2 Å². The van der Waals surface area contributed by atoms with E-state index < -0.39 is 0 Å². The summed E-state index contributed by atoms with van der Waals surface area (Å²) < 4.78 is 27.7. The molecule has 1 aromatic heterocycles. The van der Waals surface area contributed by atoms with Crippen molar-refractivity contribution < 1.29 is 23.4 Å². The Hall–Kier alpha value is -2.45. The lowest BCUT2D eigenvalue weighted by molar-refractivity contribution is 0.0895. The van der Waals surface area contributed by atoms with E-state index in [0.29, 0.717) is 42.0 Å². The van der Waals surface area contributed by atoms with E-state index in [1.165, 1.54) is 0 Å². The number of thiocarbonyl (C=S) groups is 1. The summed E-state index contributed by atoms with van der Waals surface area (Å²) in [5, 5.41) is 3.91. The minimum absolute atomic E-state index is 0.157. The van der Waals surface area contributed by atoms with Gasteiger partial charge in [0.25, 0.3) is 0 Å². The van der Waals surface area contributed by atoms with E-state index in [1.807, 2.05) is 24.3 Å². The van der Waals surface area contributed by atoms with E-state index >= 15 is 0 Å². The van der Waals surface area contributed by atoms with Crippen molar-refractivity contribution in [2.24, 2.45) is 0 Å². The molecule has 0 spiro atoms. The Kier molecular flexibility index (Phi) is 7.60. The zero-order valence-electron chi connectivity index (χ0n) is 17.1. The molecular weight excluding hydrogens is 392 g/mol. The highest BCUT2D eigenvalue weighted by molar-refractivity contribution is 7.80. The summed E-state index contributed by atoms with van der Waals surface area (Å²) in [6.45, 7) is 2.57. The van der Waals surface area contributed by atoms with Crippen LogP contribution in [-0.4, -0.2) is 50.6 Å². The molecule has 8 heteroatoms. The molecule has 1 fully saturated rings. The molecule has 1 aliphatic heterocycles. The van der Waals surface area contributed by atoms with Gasteiger partial charge in [0.1, 0.15) is 11.5 Å². The maximum absolute atomic E-state index is 5.84. The molecule has 1 aliphatic rings. The third-order valence-corrected chi connectivity index (χ3v) is 5.28. The molecule has 1 unspecified atom stereocenters. The highest BCUT2D eigenvalue weighted by Crippen LogP contribution is 2.35. The van der Waals surface area contributed by atoms with Gasteiger partial charge < -0.3 is 33.6 Å². The standard InChI is InChI=1S/C21H28N2O5S/c1-24-18-11-20(26-3)19(25-2)10-15(18)13-23(14-17-7-5-9-28-17)21(29)22-12-16-6-4-8-27-16/h4,6,8,10-11,17H,5,7,9,12-14H2,1-3H3,(H,22,29). The normalized spacial score (nSPS) is 15.8. The number of nitrogens with one attached hydrogen (secondary N) is 1. The van der Waals surface area contributed by atoms with E-state index in [9.17, 15) is 0 Å². The van der Waals surface area contributed by atoms with Gasteiger partial charge in [0.15, 0.2) is 16.6 Å². The second kappa shape index (κ2) is 10.4. The van der Waals surface area contributed by atoms with E-state index in [0.717, 1.165) is 30.8 Å². The van der Waals surface area contributed by atoms with Gasteiger partial charge >= 0.3 is 0 Å². The van der Waals surface area contributed by atoms with Gasteiger partial charge in [-0.1, -0.05) is 0 Å². The van der Waals surface area contributed by atoms with E-state index in [-0.39, 0.29) is 6.10 Å². The number of methoxy groups -OCH3 is 3. The number of ether oxygens (including phenoxy) is 4. The van der Waals surface area contributed by atoms with Crippen molar-refractivity contribution in [3.8, 4) is 17.2 Å². The molecule has 7 nitrogen and oxygen atoms in total. The molecule has 0 amide bonds. The topological polar surface area (TPSA) is 65.3 Å². The highest BCUT2D eigenvalue weighted by Gasteiger charge is 2.23. The molecule has 1 N–H and O–H groups in total. The second-order valence-corrected chi connectivity index (χ2v) is 7.16. The van der Waals surface area contributed by atoms with Crippen LogP contribution in [0, 0.1) is 0 Å². The molecule has 0 saturated carbocycles. The minimum Gasteiger partial charge on any atom is -0.496 e. The largest absolute Gasteiger partial charge is 0.496 e. The van der Waals surface area contributed by atoms with Crippen LogP contribution < -0.4 is 19.5 Å². The van der Waals surface area contributed by atoms with Crippen LogP contribution in [0.4, 0.5) is 0 Å². The molecule has 0 bridgehead atoms. The van der Waals surface area contributed by atoms with Gasteiger partial charge in [-0.25, -0.2) is 0 Å². The lowest BCUT2D eigenvalue weighted by Gasteiger charge is -2.29. The van der Waals surface area contributed by atoms with Crippen molar-refractivity contribution >= 4 is 17.3 Å². The highest BCUT2D eigenvalue weighted by atomic mass is 32.1. The van der Waals surface area contributed by atoms with E-state index in [2.05, 4.69) is 10.2 Å². The maximum atomic E-state index is 5.84.